The van der Waals surface area contributed by atoms with Gasteiger partial charge in [-0.15, -0.1) is 0 Å². The van der Waals surface area contributed by atoms with Gasteiger partial charge in [0.1, 0.15) is 0 Å². The van der Waals surface area contributed by atoms with E-state index < -0.39 is 12.1 Å². The minimum Gasteiger partial charge on any atom is -0.545 e. The zero-order valence-electron chi connectivity index (χ0n) is 7.44. The van der Waals surface area contributed by atoms with E-state index >= 15 is 0 Å². The summed E-state index contributed by atoms with van der Waals surface area (Å²) in [5, 5.41) is 12.8. The van der Waals surface area contributed by atoms with Gasteiger partial charge in [-0.05, 0) is 6.07 Å². The van der Waals surface area contributed by atoms with Crippen molar-refractivity contribution in [2.24, 2.45) is 0 Å². The molecule has 0 saturated heterocycles. The molecule has 0 radical (unpaired) electrons. The van der Waals surface area contributed by atoms with E-state index in [9.17, 15) is 14.7 Å². The van der Waals surface area contributed by atoms with Crippen LogP contribution in [0.15, 0.2) is 24.3 Å². The molecule has 0 spiro atoms. The summed E-state index contributed by atoms with van der Waals surface area (Å²) >= 11 is 0. The molecule has 0 heterocycles. The number of para-hydroxylation sites is 1. The topological polar surface area (TPSA) is 78.5 Å². The summed E-state index contributed by atoms with van der Waals surface area (Å²) in [7, 11) is 1.19. The summed E-state index contributed by atoms with van der Waals surface area (Å²) in [6.07, 6.45) is -0.723. The number of nitrogens with one attached hydrogen (secondary N) is 1. The molecule has 14 heavy (non-hydrogen) atoms. The molecule has 0 aliphatic heterocycles. The lowest BCUT2D eigenvalue weighted by molar-refractivity contribution is -0.254. The van der Waals surface area contributed by atoms with Gasteiger partial charge in [0.05, 0.1) is 18.8 Å². The summed E-state index contributed by atoms with van der Waals surface area (Å²) in [4.78, 5) is 21.4. The summed E-state index contributed by atoms with van der Waals surface area (Å²) in [6.45, 7) is 0. The number of benzene rings is 1. The average Bonchev–Trinajstić information content (AvgIpc) is 2.18. The van der Waals surface area contributed by atoms with Gasteiger partial charge < -0.3 is 14.6 Å². The fourth-order valence-corrected chi connectivity index (χ4v) is 0.931. The van der Waals surface area contributed by atoms with Gasteiger partial charge in [0.2, 0.25) is 0 Å². The Morgan fingerprint density at radius 1 is 1.36 bits per heavy atom. The van der Waals surface area contributed by atoms with Crippen LogP contribution in [0.25, 0.3) is 0 Å². The Hall–Kier alpha value is -2.04. The van der Waals surface area contributed by atoms with E-state index in [-0.39, 0.29) is 11.3 Å². The lowest BCUT2D eigenvalue weighted by Gasteiger charge is -2.10. The molecule has 0 aliphatic rings. The molecule has 1 N–H and O–H groups in total. The molecule has 1 aromatic rings. The SMILES string of the molecule is COC(=O)Nc1ccccc1C(=O)[O-]. The van der Waals surface area contributed by atoms with Crippen molar-refractivity contribution in [3.63, 3.8) is 0 Å². The highest BCUT2D eigenvalue weighted by Gasteiger charge is 2.05. The number of carboxylic acid groups (broad SMARTS) is 1. The van der Waals surface area contributed by atoms with Crippen molar-refractivity contribution in [2.45, 2.75) is 0 Å². The van der Waals surface area contributed by atoms with Crippen molar-refractivity contribution in [1.29, 1.82) is 0 Å². The molecule has 0 atom stereocenters. The van der Waals surface area contributed by atoms with Gasteiger partial charge in [0.15, 0.2) is 0 Å². The monoisotopic (exact) mass is 194 g/mol. The van der Waals surface area contributed by atoms with E-state index in [0.717, 1.165) is 0 Å². The Bertz CT molecular complexity index is 362. The van der Waals surface area contributed by atoms with Crippen LogP contribution in [0.2, 0.25) is 0 Å². The number of carboxylic acids is 1. The van der Waals surface area contributed by atoms with Crippen molar-refractivity contribution in [3.8, 4) is 0 Å². The fraction of sp³-hybridized carbons (Fsp3) is 0.111. The lowest BCUT2D eigenvalue weighted by atomic mass is 10.2. The van der Waals surface area contributed by atoms with Crippen LogP contribution in [0.5, 0.6) is 0 Å². The van der Waals surface area contributed by atoms with Gasteiger partial charge in [0.25, 0.3) is 0 Å². The van der Waals surface area contributed by atoms with Crippen molar-refractivity contribution in [1.82, 2.24) is 0 Å². The lowest BCUT2D eigenvalue weighted by Crippen LogP contribution is -2.24. The van der Waals surface area contributed by atoms with E-state index in [1.165, 1.54) is 25.3 Å². The van der Waals surface area contributed by atoms with Gasteiger partial charge in [-0.25, -0.2) is 4.79 Å². The summed E-state index contributed by atoms with van der Waals surface area (Å²) in [6, 6.07) is 5.91. The smallest absolute Gasteiger partial charge is 0.411 e. The minimum atomic E-state index is -1.35. The molecule has 0 fully saturated rings. The molecule has 0 bridgehead atoms. The number of amides is 1. The number of hydrogen-bond donors (Lipinski definition) is 1. The van der Waals surface area contributed by atoms with Crippen LogP contribution in [-0.2, 0) is 4.74 Å². The predicted molar refractivity (Wildman–Crippen MR) is 46.8 cm³/mol. The second-order valence-electron chi connectivity index (χ2n) is 2.45. The van der Waals surface area contributed by atoms with Crippen LogP contribution in [0.3, 0.4) is 0 Å². The quantitative estimate of drug-likeness (QED) is 0.730. The number of rotatable bonds is 2. The zero-order chi connectivity index (χ0) is 10.6. The molecule has 1 amide bonds. The number of aromatic carboxylic acids is 1. The molecule has 0 unspecified atom stereocenters. The van der Waals surface area contributed by atoms with E-state index in [4.69, 9.17) is 0 Å². The largest absolute Gasteiger partial charge is 0.545 e. The maximum absolute atomic E-state index is 10.8. The first-order valence-electron chi connectivity index (χ1n) is 3.80. The molecule has 1 rings (SSSR count). The van der Waals surface area contributed by atoms with Crippen LogP contribution in [0.4, 0.5) is 10.5 Å². The molecule has 5 nitrogen and oxygen atoms in total. The van der Waals surface area contributed by atoms with E-state index in [2.05, 4.69) is 10.1 Å². The number of ether oxygens (including phenoxy) is 1. The van der Waals surface area contributed by atoms with Crippen molar-refractivity contribution < 1.29 is 19.4 Å². The van der Waals surface area contributed by atoms with Crippen molar-refractivity contribution in [2.75, 3.05) is 12.4 Å². The molecule has 0 aliphatic carbocycles. The van der Waals surface area contributed by atoms with Crippen LogP contribution in [0, 0.1) is 0 Å². The third-order valence-electron chi connectivity index (χ3n) is 1.57. The summed E-state index contributed by atoms with van der Waals surface area (Å²) in [5.41, 5.74) is 0.0669. The molecular formula is C9H8NO4-. The van der Waals surface area contributed by atoms with Gasteiger partial charge in [0, 0.05) is 5.56 Å². The molecule has 0 aromatic heterocycles. The third-order valence-corrected chi connectivity index (χ3v) is 1.57. The van der Waals surface area contributed by atoms with Crippen molar-refractivity contribution >= 4 is 17.7 Å². The Balaban J connectivity index is 2.95. The number of carbonyl (C=O) groups is 2. The van der Waals surface area contributed by atoms with Crippen molar-refractivity contribution in [3.05, 3.63) is 29.8 Å². The van der Waals surface area contributed by atoms with E-state index in [1.54, 1.807) is 6.07 Å². The molecule has 1 aromatic carbocycles. The molecular weight excluding hydrogens is 186 g/mol. The normalized spacial score (nSPS) is 9.21. The Morgan fingerprint density at radius 3 is 2.57 bits per heavy atom. The standard InChI is InChI=1S/C9H9NO4/c1-14-9(13)10-7-5-3-2-4-6(7)8(11)12/h2-5H,1H3,(H,10,13)(H,11,12)/p-1. The van der Waals surface area contributed by atoms with E-state index in [1.807, 2.05) is 0 Å². The van der Waals surface area contributed by atoms with Gasteiger partial charge >= 0.3 is 6.09 Å². The maximum atomic E-state index is 10.8. The second-order valence-corrected chi connectivity index (χ2v) is 2.45. The first-order valence-corrected chi connectivity index (χ1v) is 3.80. The Kier molecular flexibility index (Phi) is 3.06. The number of methoxy groups -OCH3 is 1. The second kappa shape index (κ2) is 4.27. The highest BCUT2D eigenvalue weighted by Crippen LogP contribution is 2.13. The molecule has 74 valence electrons. The summed E-state index contributed by atoms with van der Waals surface area (Å²) in [5.74, 6) is -1.35. The molecule has 5 heteroatoms. The number of carbonyl (C=O) groups excluding carboxylic acids is 2. The fourth-order valence-electron chi connectivity index (χ4n) is 0.931. The highest BCUT2D eigenvalue weighted by molar-refractivity contribution is 5.97. The summed E-state index contributed by atoms with van der Waals surface area (Å²) < 4.78 is 4.33. The van der Waals surface area contributed by atoms with Crippen LogP contribution in [0.1, 0.15) is 10.4 Å². The average molecular weight is 194 g/mol. The van der Waals surface area contributed by atoms with Crippen LogP contribution in [-0.4, -0.2) is 19.2 Å². The first kappa shape index (κ1) is 10.0. The predicted octanol–water partition coefficient (Wildman–Crippen LogP) is 0.228. The Morgan fingerprint density at radius 2 is 2.00 bits per heavy atom. The van der Waals surface area contributed by atoms with Crippen LogP contribution >= 0.6 is 0 Å². The van der Waals surface area contributed by atoms with E-state index in [0.29, 0.717) is 0 Å². The first-order chi connectivity index (χ1) is 6.65. The number of anilines is 1. The van der Waals surface area contributed by atoms with Gasteiger partial charge in [-0.2, -0.15) is 0 Å². The zero-order valence-corrected chi connectivity index (χ0v) is 7.44. The van der Waals surface area contributed by atoms with Gasteiger partial charge in [-0.1, -0.05) is 18.2 Å². The highest BCUT2D eigenvalue weighted by atomic mass is 16.5. The molecule has 0 saturated carbocycles. The minimum absolute atomic E-state index is 0.0853. The number of hydrogen-bond acceptors (Lipinski definition) is 4. The maximum Gasteiger partial charge on any atom is 0.411 e. The Labute approximate surface area is 80.3 Å². The third kappa shape index (κ3) is 2.22. The van der Waals surface area contributed by atoms with Gasteiger partial charge in [-0.3, -0.25) is 5.32 Å². The van der Waals surface area contributed by atoms with Crippen LogP contribution < -0.4 is 10.4 Å².